The van der Waals surface area contributed by atoms with E-state index in [1.54, 1.807) is 6.08 Å². The predicted octanol–water partition coefficient (Wildman–Crippen LogP) is 4.72. The van der Waals surface area contributed by atoms with Crippen LogP contribution in [0.25, 0.3) is 11.3 Å². The van der Waals surface area contributed by atoms with E-state index < -0.39 is 6.10 Å². The van der Waals surface area contributed by atoms with E-state index in [0.29, 0.717) is 32.3 Å². The molecular formula is C27H33N3O3. The van der Waals surface area contributed by atoms with Crippen LogP contribution in [0.5, 0.6) is 11.6 Å². The second kappa shape index (κ2) is 10.8. The average Bonchev–Trinajstić information content (AvgIpc) is 3.61. The Kier molecular flexibility index (Phi) is 7.60. The normalized spacial score (nSPS) is 14.4. The van der Waals surface area contributed by atoms with Crippen molar-refractivity contribution in [3.05, 3.63) is 78.4 Å². The van der Waals surface area contributed by atoms with E-state index in [4.69, 9.17) is 14.6 Å². The summed E-state index contributed by atoms with van der Waals surface area (Å²) >= 11 is 0. The van der Waals surface area contributed by atoms with Gasteiger partial charge in [0.15, 0.2) is 0 Å². The second-order valence-electron chi connectivity index (χ2n) is 8.68. The monoisotopic (exact) mass is 447 g/mol. The van der Waals surface area contributed by atoms with Crippen molar-refractivity contribution in [2.24, 2.45) is 7.05 Å². The van der Waals surface area contributed by atoms with Crippen molar-refractivity contribution in [1.82, 2.24) is 14.7 Å². The van der Waals surface area contributed by atoms with E-state index >= 15 is 0 Å². The quantitative estimate of drug-likeness (QED) is 0.322. The zero-order valence-electron chi connectivity index (χ0n) is 19.5. The van der Waals surface area contributed by atoms with E-state index in [-0.39, 0.29) is 0 Å². The van der Waals surface area contributed by atoms with Gasteiger partial charge in [0.1, 0.15) is 11.4 Å². The summed E-state index contributed by atoms with van der Waals surface area (Å²) in [6, 6.07) is 18.7. The maximum Gasteiger partial charge on any atom is 0.222 e. The molecule has 0 radical (unpaired) electrons. The van der Waals surface area contributed by atoms with Crippen LogP contribution >= 0.6 is 0 Å². The number of aliphatic hydroxyl groups is 1. The van der Waals surface area contributed by atoms with Gasteiger partial charge >= 0.3 is 0 Å². The van der Waals surface area contributed by atoms with E-state index in [0.717, 1.165) is 46.9 Å². The average molecular weight is 448 g/mol. The molecular weight excluding hydrogens is 414 g/mol. The Balaban J connectivity index is 1.64. The SMILES string of the molecule is C=CCOC[C@@H](O)CN(Cc1c(-c2ccccc2)nn(C)c1Oc1cccc(C)c1)C1CC1. The molecule has 33 heavy (non-hydrogen) atoms. The Labute approximate surface area is 196 Å². The van der Waals surface area contributed by atoms with Gasteiger partial charge in [-0.1, -0.05) is 48.5 Å². The summed E-state index contributed by atoms with van der Waals surface area (Å²) < 4.78 is 13.7. The molecule has 1 atom stereocenters. The highest BCUT2D eigenvalue weighted by atomic mass is 16.5. The third kappa shape index (κ3) is 6.11. The number of hydrogen-bond acceptors (Lipinski definition) is 5. The van der Waals surface area contributed by atoms with Crippen LogP contribution in [-0.4, -0.2) is 51.7 Å². The summed E-state index contributed by atoms with van der Waals surface area (Å²) in [6.45, 7) is 7.63. The van der Waals surface area contributed by atoms with Crippen molar-refractivity contribution in [2.45, 2.75) is 38.5 Å². The van der Waals surface area contributed by atoms with Gasteiger partial charge in [-0.15, -0.1) is 6.58 Å². The highest BCUT2D eigenvalue weighted by molar-refractivity contribution is 5.65. The van der Waals surface area contributed by atoms with E-state index in [1.165, 1.54) is 0 Å². The molecule has 1 saturated carbocycles. The predicted molar refractivity (Wildman–Crippen MR) is 130 cm³/mol. The van der Waals surface area contributed by atoms with Crippen molar-refractivity contribution in [2.75, 3.05) is 19.8 Å². The summed E-state index contributed by atoms with van der Waals surface area (Å²) in [6.07, 6.45) is 3.40. The van der Waals surface area contributed by atoms with Gasteiger partial charge in [0.25, 0.3) is 0 Å². The van der Waals surface area contributed by atoms with Crippen LogP contribution in [-0.2, 0) is 18.3 Å². The lowest BCUT2D eigenvalue weighted by atomic mass is 10.1. The molecule has 4 rings (SSSR count). The molecule has 174 valence electrons. The number of benzene rings is 2. The molecule has 6 heteroatoms. The first-order valence-corrected chi connectivity index (χ1v) is 11.5. The summed E-state index contributed by atoms with van der Waals surface area (Å²) in [5.41, 5.74) is 4.12. The molecule has 0 spiro atoms. The van der Waals surface area contributed by atoms with E-state index in [9.17, 15) is 5.11 Å². The fourth-order valence-corrected chi connectivity index (χ4v) is 4.04. The largest absolute Gasteiger partial charge is 0.439 e. The molecule has 0 unspecified atom stereocenters. The van der Waals surface area contributed by atoms with Gasteiger partial charge in [-0.05, 0) is 37.5 Å². The number of nitrogens with zero attached hydrogens (tertiary/aromatic N) is 3. The third-order valence-electron chi connectivity index (χ3n) is 5.75. The molecule has 1 N–H and O–H groups in total. The van der Waals surface area contributed by atoms with Crippen molar-refractivity contribution in [3.63, 3.8) is 0 Å². The van der Waals surface area contributed by atoms with Gasteiger partial charge < -0.3 is 14.6 Å². The molecule has 1 aliphatic rings. The fraction of sp³-hybridized carbons (Fsp3) is 0.370. The van der Waals surface area contributed by atoms with Crippen molar-refractivity contribution < 1.29 is 14.6 Å². The first-order valence-electron chi connectivity index (χ1n) is 11.5. The maximum absolute atomic E-state index is 10.6. The smallest absolute Gasteiger partial charge is 0.222 e. The summed E-state index contributed by atoms with van der Waals surface area (Å²) in [5.74, 6) is 1.51. The minimum atomic E-state index is -0.566. The van der Waals surface area contributed by atoms with Crippen molar-refractivity contribution in [3.8, 4) is 22.9 Å². The van der Waals surface area contributed by atoms with Crippen molar-refractivity contribution >= 4 is 0 Å². The third-order valence-corrected chi connectivity index (χ3v) is 5.75. The van der Waals surface area contributed by atoms with Crippen LogP contribution in [0.2, 0.25) is 0 Å². The van der Waals surface area contributed by atoms with E-state index in [1.807, 2.05) is 48.1 Å². The molecule has 0 bridgehead atoms. The second-order valence-corrected chi connectivity index (χ2v) is 8.68. The van der Waals surface area contributed by atoms with Crippen LogP contribution < -0.4 is 4.74 Å². The summed E-state index contributed by atoms with van der Waals surface area (Å²) in [4.78, 5) is 2.33. The summed E-state index contributed by atoms with van der Waals surface area (Å²) in [5, 5.41) is 15.4. The number of ether oxygens (including phenoxy) is 2. The fourth-order valence-electron chi connectivity index (χ4n) is 4.04. The molecule has 1 heterocycles. The molecule has 1 aliphatic carbocycles. The van der Waals surface area contributed by atoms with Crippen LogP contribution in [0.3, 0.4) is 0 Å². The van der Waals surface area contributed by atoms with Crippen molar-refractivity contribution in [1.29, 1.82) is 0 Å². The van der Waals surface area contributed by atoms with Crippen LogP contribution in [0, 0.1) is 6.92 Å². The van der Waals surface area contributed by atoms with Crippen LogP contribution in [0.4, 0.5) is 0 Å². The van der Waals surface area contributed by atoms with Gasteiger partial charge in [0, 0.05) is 31.7 Å². The Morgan fingerprint density at radius 2 is 2.00 bits per heavy atom. The van der Waals surface area contributed by atoms with Gasteiger partial charge in [0.05, 0.1) is 24.9 Å². The summed E-state index contributed by atoms with van der Waals surface area (Å²) in [7, 11) is 1.92. The zero-order chi connectivity index (χ0) is 23.2. The molecule has 1 fully saturated rings. The minimum absolute atomic E-state index is 0.292. The maximum atomic E-state index is 10.6. The lowest BCUT2D eigenvalue weighted by Crippen LogP contribution is -2.36. The standard InChI is InChI=1S/C27H33N3O3/c1-4-15-32-19-23(31)17-30(22-13-14-22)18-25-26(21-10-6-5-7-11-21)28-29(3)27(25)33-24-12-8-9-20(2)16-24/h4-12,16,22-23,31H,1,13-15,17-19H2,2-3H3/t23-/m0/s1. The Hall–Kier alpha value is -2.93. The van der Waals surface area contributed by atoms with E-state index in [2.05, 4.69) is 36.6 Å². The lowest BCUT2D eigenvalue weighted by Gasteiger charge is -2.25. The molecule has 2 aromatic carbocycles. The number of rotatable bonds is 12. The number of aliphatic hydroxyl groups excluding tert-OH is 1. The minimum Gasteiger partial charge on any atom is -0.439 e. The Morgan fingerprint density at radius 3 is 2.70 bits per heavy atom. The van der Waals surface area contributed by atoms with Gasteiger partial charge in [-0.2, -0.15) is 5.10 Å². The van der Waals surface area contributed by atoms with Crippen LogP contribution in [0.15, 0.2) is 67.3 Å². The lowest BCUT2D eigenvalue weighted by molar-refractivity contribution is 0.0227. The first kappa shape index (κ1) is 23.2. The number of hydrogen-bond donors (Lipinski definition) is 1. The topological polar surface area (TPSA) is 59.8 Å². The highest BCUT2D eigenvalue weighted by Gasteiger charge is 2.33. The highest BCUT2D eigenvalue weighted by Crippen LogP contribution is 2.37. The molecule has 6 nitrogen and oxygen atoms in total. The molecule has 0 aliphatic heterocycles. The van der Waals surface area contributed by atoms with Gasteiger partial charge in [-0.25, -0.2) is 4.68 Å². The van der Waals surface area contributed by atoms with Gasteiger partial charge in [0.2, 0.25) is 5.88 Å². The first-order chi connectivity index (χ1) is 16.0. The van der Waals surface area contributed by atoms with Crippen LogP contribution in [0.1, 0.15) is 24.0 Å². The molecule has 0 saturated heterocycles. The zero-order valence-corrected chi connectivity index (χ0v) is 19.5. The molecule has 1 aromatic heterocycles. The number of aryl methyl sites for hydroxylation is 2. The molecule has 3 aromatic rings. The molecule has 0 amide bonds. The van der Waals surface area contributed by atoms with Gasteiger partial charge in [-0.3, -0.25) is 4.90 Å². The Bertz CT molecular complexity index is 1060. The number of aromatic nitrogens is 2. The Morgan fingerprint density at radius 1 is 1.21 bits per heavy atom.